The number of hydrogen-bond donors (Lipinski definition) is 0. The van der Waals surface area contributed by atoms with Crippen LogP contribution < -0.4 is 9.64 Å². The number of anilines is 1. The van der Waals surface area contributed by atoms with Gasteiger partial charge in [0.05, 0.1) is 0 Å². The normalized spacial score (nSPS) is 24.0. The number of likely N-dealkylation sites (N-methyl/N-ethyl adjacent to an activating group) is 1. The number of rotatable bonds is 4. The minimum absolute atomic E-state index is 0.262. The summed E-state index contributed by atoms with van der Waals surface area (Å²) in [5.41, 5.74) is -1.53. The van der Waals surface area contributed by atoms with Crippen LogP contribution in [0.25, 0.3) is 0 Å². The quantitative estimate of drug-likeness (QED) is 0.765. The SMILES string of the molecule is CCCCN1C(=O)C(C)(C(=O)N2CCN(C)CC2)Oc2cccnc21. The maximum Gasteiger partial charge on any atom is 0.282 e. The van der Waals surface area contributed by atoms with Crippen molar-refractivity contribution in [2.45, 2.75) is 32.3 Å². The standard InChI is InChI=1S/C18H26N4O3/c1-4-5-9-22-15-14(7-6-8-19-15)25-18(2,17(22)24)16(23)21-12-10-20(3)11-13-21/h6-8H,4-5,9-13H2,1-3H3. The number of piperazine rings is 1. The molecule has 1 fully saturated rings. The van der Waals surface area contributed by atoms with E-state index < -0.39 is 5.60 Å². The highest BCUT2D eigenvalue weighted by atomic mass is 16.5. The minimum Gasteiger partial charge on any atom is -0.464 e. The zero-order valence-electron chi connectivity index (χ0n) is 15.2. The van der Waals surface area contributed by atoms with Crippen LogP contribution in [-0.4, -0.2) is 72.0 Å². The van der Waals surface area contributed by atoms with Crippen molar-refractivity contribution < 1.29 is 14.3 Å². The summed E-state index contributed by atoms with van der Waals surface area (Å²) in [4.78, 5) is 36.1. The first-order valence-electron chi connectivity index (χ1n) is 8.91. The summed E-state index contributed by atoms with van der Waals surface area (Å²) < 4.78 is 5.93. The molecule has 136 valence electrons. The average Bonchev–Trinajstić information content (AvgIpc) is 2.62. The summed E-state index contributed by atoms with van der Waals surface area (Å²) >= 11 is 0. The van der Waals surface area contributed by atoms with E-state index in [1.165, 1.54) is 0 Å². The van der Waals surface area contributed by atoms with Crippen LogP contribution in [0.1, 0.15) is 26.7 Å². The number of carbonyl (C=O) groups excluding carboxylic acids is 2. The molecule has 0 bridgehead atoms. The number of carbonyl (C=O) groups is 2. The highest BCUT2D eigenvalue weighted by Crippen LogP contribution is 2.37. The van der Waals surface area contributed by atoms with Crippen molar-refractivity contribution >= 4 is 17.6 Å². The predicted octanol–water partition coefficient (Wildman–Crippen LogP) is 1.14. The predicted molar refractivity (Wildman–Crippen MR) is 94.6 cm³/mol. The van der Waals surface area contributed by atoms with Crippen LogP contribution >= 0.6 is 0 Å². The summed E-state index contributed by atoms with van der Waals surface area (Å²) in [7, 11) is 2.03. The number of unbranched alkanes of at least 4 members (excludes halogenated alkanes) is 1. The molecule has 0 saturated carbocycles. The van der Waals surface area contributed by atoms with Gasteiger partial charge in [-0.25, -0.2) is 4.98 Å². The summed E-state index contributed by atoms with van der Waals surface area (Å²) in [6.45, 7) is 7.01. The van der Waals surface area contributed by atoms with E-state index in [1.54, 1.807) is 35.1 Å². The molecule has 1 aromatic heterocycles. The van der Waals surface area contributed by atoms with Gasteiger partial charge in [0.2, 0.25) is 0 Å². The zero-order chi connectivity index (χ0) is 18.0. The van der Waals surface area contributed by atoms with Gasteiger partial charge < -0.3 is 14.5 Å². The second-order valence-electron chi connectivity index (χ2n) is 6.87. The Morgan fingerprint density at radius 3 is 2.72 bits per heavy atom. The van der Waals surface area contributed by atoms with Gasteiger partial charge in [0.1, 0.15) is 0 Å². The van der Waals surface area contributed by atoms with E-state index in [-0.39, 0.29) is 11.8 Å². The molecule has 3 heterocycles. The minimum atomic E-state index is -1.53. The smallest absolute Gasteiger partial charge is 0.282 e. The van der Waals surface area contributed by atoms with Crippen molar-refractivity contribution in [1.29, 1.82) is 0 Å². The van der Waals surface area contributed by atoms with E-state index in [4.69, 9.17) is 4.74 Å². The summed E-state index contributed by atoms with van der Waals surface area (Å²) in [5.74, 6) is 0.408. The number of amides is 2. The molecule has 1 aromatic rings. The van der Waals surface area contributed by atoms with Crippen LogP contribution in [-0.2, 0) is 9.59 Å². The third-order valence-corrected chi connectivity index (χ3v) is 4.91. The largest absolute Gasteiger partial charge is 0.464 e. The number of hydrogen-bond acceptors (Lipinski definition) is 5. The molecule has 0 spiro atoms. The molecule has 7 heteroatoms. The maximum atomic E-state index is 13.2. The first-order valence-corrected chi connectivity index (χ1v) is 8.91. The van der Waals surface area contributed by atoms with Gasteiger partial charge in [-0.1, -0.05) is 13.3 Å². The van der Waals surface area contributed by atoms with Crippen LogP contribution in [0.5, 0.6) is 5.75 Å². The molecule has 0 radical (unpaired) electrons. The van der Waals surface area contributed by atoms with E-state index in [0.717, 1.165) is 25.9 Å². The molecule has 2 amide bonds. The van der Waals surface area contributed by atoms with Crippen molar-refractivity contribution in [1.82, 2.24) is 14.8 Å². The van der Waals surface area contributed by atoms with Gasteiger partial charge in [-0.2, -0.15) is 0 Å². The number of pyridine rings is 1. The Morgan fingerprint density at radius 2 is 2.04 bits per heavy atom. The topological polar surface area (TPSA) is 66.0 Å². The molecule has 1 saturated heterocycles. The van der Waals surface area contributed by atoms with E-state index in [1.807, 2.05) is 7.05 Å². The molecule has 0 aliphatic carbocycles. The van der Waals surface area contributed by atoms with Gasteiger partial charge in [0, 0.05) is 38.9 Å². The van der Waals surface area contributed by atoms with Gasteiger partial charge in [0.25, 0.3) is 17.4 Å². The second-order valence-corrected chi connectivity index (χ2v) is 6.87. The molecule has 0 N–H and O–H groups in total. The Morgan fingerprint density at radius 1 is 1.32 bits per heavy atom. The highest BCUT2D eigenvalue weighted by molar-refractivity contribution is 6.16. The average molecular weight is 346 g/mol. The zero-order valence-corrected chi connectivity index (χ0v) is 15.2. The van der Waals surface area contributed by atoms with Crippen LogP contribution in [0.15, 0.2) is 18.3 Å². The van der Waals surface area contributed by atoms with Crippen LogP contribution in [0.4, 0.5) is 5.82 Å². The van der Waals surface area contributed by atoms with E-state index in [0.29, 0.717) is 31.2 Å². The first kappa shape index (κ1) is 17.7. The Balaban J connectivity index is 1.90. The maximum absolute atomic E-state index is 13.2. The van der Waals surface area contributed by atoms with E-state index >= 15 is 0 Å². The Labute approximate surface area is 148 Å². The van der Waals surface area contributed by atoms with E-state index in [2.05, 4.69) is 16.8 Å². The lowest BCUT2D eigenvalue weighted by Crippen LogP contribution is -2.64. The van der Waals surface area contributed by atoms with Gasteiger partial charge >= 0.3 is 0 Å². The molecule has 1 unspecified atom stereocenters. The molecule has 2 aliphatic rings. The molecule has 2 aliphatic heterocycles. The van der Waals surface area contributed by atoms with Crippen molar-refractivity contribution in [3.05, 3.63) is 18.3 Å². The lowest BCUT2D eigenvalue weighted by Gasteiger charge is -2.42. The molecule has 3 rings (SSSR count). The number of ether oxygens (including phenoxy) is 1. The fourth-order valence-corrected chi connectivity index (χ4v) is 3.25. The van der Waals surface area contributed by atoms with Gasteiger partial charge in [-0.3, -0.25) is 14.5 Å². The number of fused-ring (bicyclic) bond motifs is 1. The highest BCUT2D eigenvalue weighted by Gasteiger charge is 2.52. The Hall–Kier alpha value is -2.15. The number of aromatic nitrogens is 1. The lowest BCUT2D eigenvalue weighted by molar-refractivity contribution is -0.157. The molecule has 7 nitrogen and oxygen atoms in total. The molecule has 0 aromatic carbocycles. The fourth-order valence-electron chi connectivity index (χ4n) is 3.25. The first-order chi connectivity index (χ1) is 12.0. The summed E-state index contributed by atoms with van der Waals surface area (Å²) in [6.07, 6.45) is 3.44. The van der Waals surface area contributed by atoms with E-state index in [9.17, 15) is 9.59 Å². The molecule has 25 heavy (non-hydrogen) atoms. The third-order valence-electron chi connectivity index (χ3n) is 4.91. The Bertz CT molecular complexity index is 657. The van der Waals surface area contributed by atoms with Gasteiger partial charge in [-0.05, 0) is 32.5 Å². The third kappa shape index (κ3) is 3.20. The van der Waals surface area contributed by atoms with Crippen LogP contribution in [0, 0.1) is 0 Å². The van der Waals surface area contributed by atoms with Gasteiger partial charge in [-0.15, -0.1) is 0 Å². The summed E-state index contributed by atoms with van der Waals surface area (Å²) in [5, 5.41) is 0. The monoisotopic (exact) mass is 346 g/mol. The Kier molecular flexibility index (Phi) is 4.94. The van der Waals surface area contributed by atoms with Gasteiger partial charge in [0.15, 0.2) is 11.6 Å². The van der Waals surface area contributed by atoms with Crippen molar-refractivity contribution in [3.8, 4) is 5.75 Å². The molecular formula is C18H26N4O3. The molecular weight excluding hydrogens is 320 g/mol. The molecule has 1 atom stereocenters. The lowest BCUT2D eigenvalue weighted by atomic mass is 9.99. The van der Waals surface area contributed by atoms with Crippen molar-refractivity contribution in [2.24, 2.45) is 0 Å². The second kappa shape index (κ2) is 7.00. The van der Waals surface area contributed by atoms with Crippen LogP contribution in [0.3, 0.4) is 0 Å². The number of nitrogens with zero attached hydrogens (tertiary/aromatic N) is 4. The van der Waals surface area contributed by atoms with Crippen molar-refractivity contribution in [3.63, 3.8) is 0 Å². The van der Waals surface area contributed by atoms with Crippen molar-refractivity contribution in [2.75, 3.05) is 44.7 Å². The fraction of sp³-hybridized carbons (Fsp3) is 0.611. The summed E-state index contributed by atoms with van der Waals surface area (Å²) in [6, 6.07) is 3.52. The van der Waals surface area contributed by atoms with Crippen LogP contribution in [0.2, 0.25) is 0 Å².